The molecule has 2 aromatic carbocycles. The second-order valence-corrected chi connectivity index (χ2v) is 6.27. The van der Waals surface area contributed by atoms with Crippen molar-refractivity contribution < 1.29 is 14.0 Å². The Hall–Kier alpha value is -3.87. The van der Waals surface area contributed by atoms with Crippen LogP contribution in [0, 0.1) is 12.7 Å². The van der Waals surface area contributed by atoms with E-state index in [0.29, 0.717) is 22.1 Å². The van der Waals surface area contributed by atoms with Crippen LogP contribution in [0.1, 0.15) is 26.5 Å². The Balaban J connectivity index is 1.55. The van der Waals surface area contributed by atoms with Gasteiger partial charge in [-0.25, -0.2) is 9.37 Å². The zero-order valence-corrected chi connectivity index (χ0v) is 14.9. The van der Waals surface area contributed by atoms with Gasteiger partial charge in [-0.3, -0.25) is 25.4 Å². The van der Waals surface area contributed by atoms with Crippen LogP contribution in [0.3, 0.4) is 0 Å². The van der Waals surface area contributed by atoms with Gasteiger partial charge in [0.1, 0.15) is 11.5 Å². The first kappa shape index (κ1) is 17.5. The molecule has 4 rings (SSSR count). The molecule has 0 radical (unpaired) electrons. The number of aromatic nitrogens is 2. The van der Waals surface area contributed by atoms with E-state index in [9.17, 15) is 14.0 Å². The van der Waals surface area contributed by atoms with Gasteiger partial charge in [0.05, 0.1) is 16.6 Å². The van der Waals surface area contributed by atoms with Gasteiger partial charge in [-0.1, -0.05) is 24.3 Å². The summed E-state index contributed by atoms with van der Waals surface area (Å²) in [5.74, 6) is -1.51. The van der Waals surface area contributed by atoms with Gasteiger partial charge in [0, 0.05) is 22.5 Å². The number of hydrogen-bond acceptors (Lipinski definition) is 4. The lowest BCUT2D eigenvalue weighted by atomic mass is 10.1. The first-order valence-corrected chi connectivity index (χ1v) is 8.55. The van der Waals surface area contributed by atoms with Gasteiger partial charge >= 0.3 is 0 Å². The number of aryl methyl sites for hydroxylation is 1. The summed E-state index contributed by atoms with van der Waals surface area (Å²) in [6, 6.07) is 16.4. The Morgan fingerprint density at radius 2 is 1.64 bits per heavy atom. The van der Waals surface area contributed by atoms with E-state index in [1.165, 1.54) is 18.2 Å². The molecular weight excluding hydrogens is 359 g/mol. The molecule has 0 aliphatic heterocycles. The van der Waals surface area contributed by atoms with Crippen LogP contribution in [0.2, 0.25) is 0 Å². The number of hydrazine groups is 1. The summed E-state index contributed by atoms with van der Waals surface area (Å²) in [4.78, 5) is 33.4. The van der Waals surface area contributed by atoms with Crippen molar-refractivity contribution in [3.05, 3.63) is 83.4 Å². The fourth-order valence-corrected chi connectivity index (χ4v) is 2.96. The maximum atomic E-state index is 13.4. The van der Waals surface area contributed by atoms with Crippen molar-refractivity contribution in [2.24, 2.45) is 0 Å². The number of pyridine rings is 2. The minimum Gasteiger partial charge on any atom is -0.267 e. The number of nitrogens with zero attached hydrogens (tertiary/aromatic N) is 2. The largest absolute Gasteiger partial charge is 0.288 e. The van der Waals surface area contributed by atoms with Gasteiger partial charge in [-0.05, 0) is 37.3 Å². The molecule has 4 aromatic rings. The zero-order chi connectivity index (χ0) is 19.7. The molecule has 2 aromatic heterocycles. The Kier molecular flexibility index (Phi) is 4.41. The molecule has 0 aliphatic rings. The lowest BCUT2D eigenvalue weighted by Gasteiger charge is -2.10. The molecule has 0 saturated carbocycles. The highest BCUT2D eigenvalue weighted by Gasteiger charge is 2.15. The predicted molar refractivity (Wildman–Crippen MR) is 103 cm³/mol. The quantitative estimate of drug-likeness (QED) is 0.527. The van der Waals surface area contributed by atoms with E-state index in [0.717, 1.165) is 5.39 Å². The van der Waals surface area contributed by atoms with Crippen molar-refractivity contribution >= 4 is 33.6 Å². The Morgan fingerprint density at radius 1 is 0.857 bits per heavy atom. The lowest BCUT2D eigenvalue weighted by molar-refractivity contribution is 0.0845. The van der Waals surface area contributed by atoms with Gasteiger partial charge in [0.2, 0.25) is 0 Å². The molecule has 28 heavy (non-hydrogen) atoms. The van der Waals surface area contributed by atoms with E-state index in [-0.39, 0.29) is 11.3 Å². The van der Waals surface area contributed by atoms with Crippen molar-refractivity contribution in [1.29, 1.82) is 0 Å². The van der Waals surface area contributed by atoms with Crippen LogP contribution in [0.25, 0.3) is 21.8 Å². The van der Waals surface area contributed by atoms with Crippen molar-refractivity contribution in [2.75, 3.05) is 0 Å². The monoisotopic (exact) mass is 374 g/mol. The number of para-hydroxylation sites is 1. The van der Waals surface area contributed by atoms with Crippen LogP contribution < -0.4 is 10.9 Å². The van der Waals surface area contributed by atoms with E-state index >= 15 is 0 Å². The predicted octanol–water partition coefficient (Wildman–Crippen LogP) is 3.31. The summed E-state index contributed by atoms with van der Waals surface area (Å²) in [5, 5.41) is 1.40. The number of halogens is 1. The van der Waals surface area contributed by atoms with Crippen molar-refractivity contribution in [3.8, 4) is 0 Å². The molecule has 0 atom stereocenters. The minimum atomic E-state index is -0.541. The van der Waals surface area contributed by atoms with Crippen LogP contribution in [0.5, 0.6) is 0 Å². The maximum absolute atomic E-state index is 13.4. The number of hydrogen-bond donors (Lipinski definition) is 2. The normalized spacial score (nSPS) is 10.8. The third-order valence-electron chi connectivity index (χ3n) is 4.27. The van der Waals surface area contributed by atoms with Crippen LogP contribution in [0.15, 0.2) is 60.7 Å². The summed E-state index contributed by atoms with van der Waals surface area (Å²) in [7, 11) is 0. The summed E-state index contributed by atoms with van der Waals surface area (Å²) in [5.41, 5.74) is 6.81. The third-order valence-corrected chi connectivity index (χ3v) is 4.27. The van der Waals surface area contributed by atoms with Crippen molar-refractivity contribution in [1.82, 2.24) is 20.8 Å². The first-order valence-electron chi connectivity index (χ1n) is 8.55. The average molecular weight is 374 g/mol. The van der Waals surface area contributed by atoms with E-state index in [1.54, 1.807) is 31.2 Å². The van der Waals surface area contributed by atoms with Crippen LogP contribution in [-0.4, -0.2) is 21.8 Å². The first-order chi connectivity index (χ1) is 13.5. The third kappa shape index (κ3) is 3.37. The van der Waals surface area contributed by atoms with Crippen LogP contribution in [0.4, 0.5) is 4.39 Å². The maximum Gasteiger partial charge on any atom is 0.288 e. The highest BCUT2D eigenvalue weighted by Crippen LogP contribution is 2.19. The SMILES string of the molecule is Cc1cc(C(=O)NNC(=O)c2ccc3ccccc3n2)c2ccc(F)cc2n1. The molecule has 0 bridgehead atoms. The van der Waals surface area contributed by atoms with Gasteiger partial charge in [-0.15, -0.1) is 0 Å². The number of carbonyl (C=O) groups excluding carboxylic acids is 2. The van der Waals surface area contributed by atoms with Gasteiger partial charge in [0.15, 0.2) is 0 Å². The molecular formula is C21H15FN4O2. The zero-order valence-electron chi connectivity index (χ0n) is 14.9. The number of benzene rings is 2. The molecule has 0 fully saturated rings. The van der Waals surface area contributed by atoms with Gasteiger partial charge < -0.3 is 0 Å². The molecule has 6 nitrogen and oxygen atoms in total. The molecule has 2 heterocycles. The average Bonchev–Trinajstić information content (AvgIpc) is 2.70. The molecule has 0 unspecified atom stereocenters. The van der Waals surface area contributed by atoms with E-state index in [1.807, 2.05) is 18.2 Å². The fourth-order valence-electron chi connectivity index (χ4n) is 2.96. The van der Waals surface area contributed by atoms with Crippen LogP contribution in [-0.2, 0) is 0 Å². The molecule has 138 valence electrons. The second-order valence-electron chi connectivity index (χ2n) is 6.27. The molecule has 7 heteroatoms. The number of carbonyl (C=O) groups is 2. The number of fused-ring (bicyclic) bond motifs is 2. The highest BCUT2D eigenvalue weighted by atomic mass is 19.1. The Labute approximate surface area is 159 Å². The van der Waals surface area contributed by atoms with Gasteiger partial charge in [-0.2, -0.15) is 0 Å². The van der Waals surface area contributed by atoms with E-state index in [4.69, 9.17) is 0 Å². The second kappa shape index (κ2) is 7.03. The van der Waals surface area contributed by atoms with E-state index in [2.05, 4.69) is 20.8 Å². The minimum absolute atomic E-state index is 0.178. The molecule has 2 amide bonds. The molecule has 2 N–H and O–H groups in total. The topological polar surface area (TPSA) is 84.0 Å². The Morgan fingerprint density at radius 3 is 2.50 bits per heavy atom. The van der Waals surface area contributed by atoms with Crippen molar-refractivity contribution in [2.45, 2.75) is 6.92 Å². The van der Waals surface area contributed by atoms with Gasteiger partial charge in [0.25, 0.3) is 11.8 Å². The number of rotatable bonds is 2. The standard InChI is InChI=1S/C21H15FN4O2/c1-12-10-16(15-8-7-14(22)11-19(15)23-12)20(27)25-26-21(28)18-9-6-13-4-2-3-5-17(13)24-18/h2-11H,1H3,(H,25,27)(H,26,28). The lowest BCUT2D eigenvalue weighted by Crippen LogP contribution is -2.42. The summed E-state index contributed by atoms with van der Waals surface area (Å²) < 4.78 is 13.4. The summed E-state index contributed by atoms with van der Waals surface area (Å²) in [6.45, 7) is 1.71. The summed E-state index contributed by atoms with van der Waals surface area (Å²) >= 11 is 0. The Bertz CT molecular complexity index is 1230. The van der Waals surface area contributed by atoms with E-state index < -0.39 is 17.6 Å². The fraction of sp³-hybridized carbons (Fsp3) is 0.0476. The number of amides is 2. The summed E-state index contributed by atoms with van der Waals surface area (Å²) in [6.07, 6.45) is 0. The number of nitrogens with one attached hydrogen (secondary N) is 2. The molecule has 0 saturated heterocycles. The highest BCUT2D eigenvalue weighted by molar-refractivity contribution is 6.07. The molecule has 0 spiro atoms. The van der Waals surface area contributed by atoms with Crippen LogP contribution >= 0.6 is 0 Å². The van der Waals surface area contributed by atoms with Crippen molar-refractivity contribution in [3.63, 3.8) is 0 Å². The smallest absolute Gasteiger partial charge is 0.267 e. The molecule has 0 aliphatic carbocycles.